The molecule has 3 aromatic rings. The summed E-state index contributed by atoms with van der Waals surface area (Å²) in [4.78, 5) is 27.9. The van der Waals surface area contributed by atoms with E-state index in [9.17, 15) is 14.9 Å². The zero-order valence-electron chi connectivity index (χ0n) is 13.3. The molecule has 3 rings (SSSR count). The predicted octanol–water partition coefficient (Wildman–Crippen LogP) is 4.10. The third-order valence-corrected chi connectivity index (χ3v) is 4.48. The number of hydrogen-bond donors (Lipinski definition) is 0. The van der Waals surface area contributed by atoms with E-state index >= 15 is 0 Å². The molecule has 2 aromatic carbocycles. The molecule has 126 valence electrons. The van der Waals surface area contributed by atoms with Gasteiger partial charge in [0.15, 0.2) is 0 Å². The Labute approximate surface area is 157 Å². The molecule has 25 heavy (non-hydrogen) atoms. The summed E-state index contributed by atoms with van der Waals surface area (Å²) < 4.78 is 2.53. The minimum atomic E-state index is -0.428. The Hall–Kier alpha value is -2.55. The van der Waals surface area contributed by atoms with Gasteiger partial charge in [0.1, 0.15) is 5.82 Å². The van der Waals surface area contributed by atoms with Gasteiger partial charge in [0, 0.05) is 16.2 Å². The second-order valence-corrected chi connectivity index (χ2v) is 6.58. The van der Waals surface area contributed by atoms with Crippen LogP contribution < -0.4 is 5.56 Å². The molecule has 0 unspecified atom stereocenters. The van der Waals surface area contributed by atoms with Gasteiger partial charge in [-0.1, -0.05) is 12.1 Å². The Balaban J connectivity index is 2.15. The van der Waals surface area contributed by atoms with Gasteiger partial charge in [0.2, 0.25) is 0 Å². The number of benzene rings is 2. The number of hydrogen-bond acceptors (Lipinski definition) is 4. The lowest BCUT2D eigenvalue weighted by molar-refractivity contribution is -0.385. The summed E-state index contributed by atoms with van der Waals surface area (Å²) in [5, 5.41) is 11.7. The Morgan fingerprint density at radius 3 is 2.72 bits per heavy atom. The van der Waals surface area contributed by atoms with Crippen molar-refractivity contribution in [3.63, 3.8) is 0 Å². The molecule has 0 saturated heterocycles. The van der Waals surface area contributed by atoms with E-state index < -0.39 is 4.92 Å². The largest absolute Gasteiger partial charge is 0.293 e. The van der Waals surface area contributed by atoms with Gasteiger partial charge in [-0.2, -0.15) is 0 Å². The van der Waals surface area contributed by atoms with Gasteiger partial charge in [-0.15, -0.1) is 0 Å². The Bertz CT molecular complexity index is 1060. The van der Waals surface area contributed by atoms with E-state index in [1.54, 1.807) is 41.0 Å². The van der Waals surface area contributed by atoms with Gasteiger partial charge >= 0.3 is 0 Å². The lowest BCUT2D eigenvalue weighted by atomic mass is 10.1. The van der Waals surface area contributed by atoms with Crippen molar-refractivity contribution in [2.45, 2.75) is 13.5 Å². The van der Waals surface area contributed by atoms with E-state index in [1.807, 2.05) is 19.1 Å². The topological polar surface area (TPSA) is 78.0 Å². The van der Waals surface area contributed by atoms with E-state index in [0.29, 0.717) is 28.8 Å². The highest BCUT2D eigenvalue weighted by Crippen LogP contribution is 2.20. The third-order valence-electron chi connectivity index (χ3n) is 3.81. The van der Waals surface area contributed by atoms with E-state index in [1.165, 1.54) is 6.07 Å². The van der Waals surface area contributed by atoms with Crippen LogP contribution in [0.5, 0.6) is 0 Å². The van der Waals surface area contributed by atoms with Crippen molar-refractivity contribution in [2.75, 3.05) is 0 Å². The molecule has 0 spiro atoms. The molecule has 0 aliphatic heterocycles. The van der Waals surface area contributed by atoms with Crippen LogP contribution in [0, 0.1) is 13.7 Å². The summed E-state index contributed by atoms with van der Waals surface area (Å²) in [5.41, 5.74) is 0.970. The molecule has 1 aromatic heterocycles. The maximum atomic E-state index is 12.7. The first-order valence-corrected chi connectivity index (χ1v) is 8.70. The molecule has 0 N–H and O–H groups in total. The first-order valence-electron chi connectivity index (χ1n) is 7.63. The fourth-order valence-corrected chi connectivity index (χ4v) is 3.09. The monoisotopic (exact) mass is 447 g/mol. The fourth-order valence-electron chi connectivity index (χ4n) is 2.60. The van der Waals surface area contributed by atoms with Crippen LogP contribution in [0.25, 0.3) is 23.1 Å². The van der Waals surface area contributed by atoms with Crippen molar-refractivity contribution in [1.82, 2.24) is 9.55 Å². The first-order chi connectivity index (χ1) is 12.0. The smallest absolute Gasteiger partial charge is 0.276 e. The van der Waals surface area contributed by atoms with Gasteiger partial charge < -0.3 is 0 Å². The fraction of sp³-hybridized carbons (Fsp3) is 0.111. The van der Waals surface area contributed by atoms with Crippen LogP contribution in [0.2, 0.25) is 0 Å². The summed E-state index contributed by atoms with van der Waals surface area (Å²) in [6.45, 7) is 2.33. The van der Waals surface area contributed by atoms with Gasteiger partial charge in [0.25, 0.3) is 11.2 Å². The molecule has 0 saturated carbocycles. The number of nitrogens with zero attached hydrogens (tertiary/aromatic N) is 3. The molecule has 0 atom stereocenters. The molecule has 0 aliphatic rings. The number of para-hydroxylation sites is 1. The number of nitro benzene ring substituents is 1. The van der Waals surface area contributed by atoms with Crippen molar-refractivity contribution >= 4 is 51.3 Å². The molecule has 0 fully saturated rings. The summed E-state index contributed by atoms with van der Waals surface area (Å²) in [5.74, 6) is 0.472. The van der Waals surface area contributed by atoms with E-state index in [0.717, 1.165) is 3.57 Å². The Kier molecular flexibility index (Phi) is 4.93. The number of halogens is 1. The summed E-state index contributed by atoms with van der Waals surface area (Å²) in [6, 6.07) is 12.0. The van der Waals surface area contributed by atoms with Crippen molar-refractivity contribution in [3.05, 3.63) is 77.9 Å². The number of rotatable bonds is 4. The van der Waals surface area contributed by atoms with Crippen LogP contribution >= 0.6 is 22.6 Å². The van der Waals surface area contributed by atoms with Crippen LogP contribution in [0.3, 0.4) is 0 Å². The van der Waals surface area contributed by atoms with E-state index in [4.69, 9.17) is 0 Å². The molecule has 0 amide bonds. The predicted molar refractivity (Wildman–Crippen MR) is 106 cm³/mol. The Morgan fingerprint density at radius 1 is 1.24 bits per heavy atom. The lowest BCUT2D eigenvalue weighted by Gasteiger charge is -2.09. The number of fused-ring (bicyclic) bond motifs is 1. The molecule has 0 radical (unpaired) electrons. The van der Waals surface area contributed by atoms with Gasteiger partial charge in [0.05, 0.1) is 21.4 Å². The highest BCUT2D eigenvalue weighted by atomic mass is 127. The maximum absolute atomic E-state index is 12.7. The normalized spacial score (nSPS) is 11.3. The SMILES string of the molecule is CCn1c(C=Cc2ccccc2[N+](=O)[O-])nc2ccc(I)cc2c1=O. The van der Waals surface area contributed by atoms with Crippen LogP contribution in [0.15, 0.2) is 47.3 Å². The third kappa shape index (κ3) is 3.46. The highest BCUT2D eigenvalue weighted by molar-refractivity contribution is 14.1. The van der Waals surface area contributed by atoms with E-state index in [2.05, 4.69) is 27.6 Å². The van der Waals surface area contributed by atoms with Crippen LogP contribution in [-0.4, -0.2) is 14.5 Å². The average molecular weight is 447 g/mol. The van der Waals surface area contributed by atoms with Crippen molar-refractivity contribution < 1.29 is 4.92 Å². The number of nitro groups is 1. The molecule has 0 aliphatic carbocycles. The number of aromatic nitrogens is 2. The van der Waals surface area contributed by atoms with Crippen molar-refractivity contribution in [3.8, 4) is 0 Å². The summed E-state index contributed by atoms with van der Waals surface area (Å²) >= 11 is 2.16. The average Bonchev–Trinajstić information content (AvgIpc) is 2.61. The van der Waals surface area contributed by atoms with Crippen molar-refractivity contribution in [1.29, 1.82) is 0 Å². The molecule has 0 bridgehead atoms. The molecule has 6 nitrogen and oxygen atoms in total. The van der Waals surface area contributed by atoms with Crippen LogP contribution in [0.1, 0.15) is 18.3 Å². The summed E-state index contributed by atoms with van der Waals surface area (Å²) in [6.07, 6.45) is 3.26. The zero-order valence-corrected chi connectivity index (χ0v) is 15.5. The van der Waals surface area contributed by atoms with Crippen LogP contribution in [-0.2, 0) is 6.54 Å². The standard InChI is InChI=1S/C18H14IN3O3/c1-2-21-17(10-7-12-5-3-4-6-16(12)22(24)25)20-15-9-8-13(19)11-14(15)18(21)23/h3-11H,2H2,1H3. The molecular formula is C18H14IN3O3. The minimum Gasteiger partial charge on any atom is -0.293 e. The zero-order chi connectivity index (χ0) is 18.0. The second kappa shape index (κ2) is 7.14. The second-order valence-electron chi connectivity index (χ2n) is 5.33. The van der Waals surface area contributed by atoms with Crippen molar-refractivity contribution in [2.24, 2.45) is 0 Å². The summed E-state index contributed by atoms with van der Waals surface area (Å²) in [7, 11) is 0. The van der Waals surface area contributed by atoms with E-state index in [-0.39, 0.29) is 11.2 Å². The quantitative estimate of drug-likeness (QED) is 0.343. The molecular weight excluding hydrogens is 433 g/mol. The lowest BCUT2D eigenvalue weighted by Crippen LogP contribution is -2.23. The molecule has 7 heteroatoms. The first kappa shape index (κ1) is 17.3. The highest BCUT2D eigenvalue weighted by Gasteiger charge is 2.11. The van der Waals surface area contributed by atoms with Gasteiger partial charge in [-0.05, 0) is 65.9 Å². The minimum absolute atomic E-state index is 0.0134. The molecule has 1 heterocycles. The Morgan fingerprint density at radius 2 is 2.00 bits per heavy atom. The van der Waals surface area contributed by atoms with Gasteiger partial charge in [-0.3, -0.25) is 19.5 Å². The maximum Gasteiger partial charge on any atom is 0.276 e. The van der Waals surface area contributed by atoms with Gasteiger partial charge in [-0.25, -0.2) is 4.98 Å². The van der Waals surface area contributed by atoms with Crippen LogP contribution in [0.4, 0.5) is 5.69 Å².